The molecule has 2 unspecified atom stereocenters. The van der Waals surface area contributed by atoms with Gasteiger partial charge >= 0.3 is 11.8 Å². The second kappa shape index (κ2) is 7.07. The summed E-state index contributed by atoms with van der Waals surface area (Å²) >= 11 is 0. The van der Waals surface area contributed by atoms with Crippen LogP contribution in [0.25, 0.3) is 0 Å². The van der Waals surface area contributed by atoms with E-state index in [2.05, 4.69) is 12.2 Å². The molecule has 1 aliphatic carbocycles. The highest BCUT2D eigenvalue weighted by molar-refractivity contribution is 6.35. The number of hydrogen-bond acceptors (Lipinski definition) is 3. The summed E-state index contributed by atoms with van der Waals surface area (Å²) in [5, 5.41) is 3.62. The summed E-state index contributed by atoms with van der Waals surface area (Å²) in [7, 11) is 1.69. The molecule has 2 atom stereocenters. The van der Waals surface area contributed by atoms with Crippen LogP contribution in [0.5, 0.6) is 0 Å². The Morgan fingerprint density at radius 3 is 2.75 bits per heavy atom. The summed E-state index contributed by atoms with van der Waals surface area (Å²) in [6.45, 7) is 5.33. The van der Waals surface area contributed by atoms with Gasteiger partial charge in [0.25, 0.3) is 0 Å². The molecule has 2 rings (SSSR count). The first-order chi connectivity index (χ1) is 9.63. The second-order valence-corrected chi connectivity index (χ2v) is 6.06. The average Bonchev–Trinajstić information content (AvgIpc) is 2.89. The molecule has 5 nitrogen and oxygen atoms in total. The van der Waals surface area contributed by atoms with Crippen molar-refractivity contribution in [3.05, 3.63) is 0 Å². The van der Waals surface area contributed by atoms with Gasteiger partial charge < -0.3 is 15.1 Å². The first-order valence-corrected chi connectivity index (χ1v) is 7.91. The number of nitrogens with one attached hydrogen (secondary N) is 1. The lowest BCUT2D eigenvalue weighted by Gasteiger charge is -2.32. The molecular weight excluding hydrogens is 254 g/mol. The maximum atomic E-state index is 11.9. The van der Waals surface area contributed by atoms with Crippen molar-refractivity contribution in [3.63, 3.8) is 0 Å². The summed E-state index contributed by atoms with van der Waals surface area (Å²) < 4.78 is 0. The summed E-state index contributed by atoms with van der Waals surface area (Å²) in [4.78, 5) is 26.8. The van der Waals surface area contributed by atoms with E-state index in [-0.39, 0.29) is 11.8 Å². The van der Waals surface area contributed by atoms with Crippen LogP contribution >= 0.6 is 0 Å². The molecule has 1 N–H and O–H groups in total. The molecule has 0 spiro atoms. The fourth-order valence-corrected chi connectivity index (χ4v) is 3.29. The third-order valence-electron chi connectivity index (χ3n) is 4.61. The van der Waals surface area contributed by atoms with E-state index in [0.717, 1.165) is 25.9 Å². The van der Waals surface area contributed by atoms with E-state index >= 15 is 0 Å². The molecule has 0 aromatic rings. The number of likely N-dealkylation sites (N-methyl/N-ethyl adjacent to an activating group) is 1. The van der Waals surface area contributed by atoms with E-state index in [1.807, 2.05) is 0 Å². The predicted octanol–water partition coefficient (Wildman–Crippen LogP) is 0.845. The number of piperazine rings is 1. The van der Waals surface area contributed by atoms with Crippen molar-refractivity contribution >= 4 is 11.8 Å². The Balaban J connectivity index is 1.79. The van der Waals surface area contributed by atoms with Crippen molar-refractivity contribution in [2.75, 3.05) is 33.2 Å². The van der Waals surface area contributed by atoms with E-state index in [0.29, 0.717) is 25.0 Å². The third-order valence-corrected chi connectivity index (χ3v) is 4.61. The van der Waals surface area contributed by atoms with E-state index < -0.39 is 0 Å². The van der Waals surface area contributed by atoms with Crippen molar-refractivity contribution in [2.45, 2.75) is 45.1 Å². The second-order valence-electron chi connectivity index (χ2n) is 6.06. The van der Waals surface area contributed by atoms with Crippen LogP contribution in [0.2, 0.25) is 0 Å². The van der Waals surface area contributed by atoms with Crippen LogP contribution in [0.3, 0.4) is 0 Å². The van der Waals surface area contributed by atoms with Crippen molar-refractivity contribution in [1.82, 2.24) is 15.1 Å². The van der Waals surface area contributed by atoms with Gasteiger partial charge in [0.05, 0.1) is 0 Å². The third kappa shape index (κ3) is 3.51. The van der Waals surface area contributed by atoms with Gasteiger partial charge in [-0.15, -0.1) is 0 Å². The molecule has 1 aliphatic heterocycles. The molecule has 1 heterocycles. The smallest absolute Gasteiger partial charge is 0.312 e. The number of hydrogen-bond donors (Lipinski definition) is 1. The molecule has 2 aliphatic rings. The maximum Gasteiger partial charge on any atom is 0.312 e. The van der Waals surface area contributed by atoms with Gasteiger partial charge in [0.1, 0.15) is 0 Å². The van der Waals surface area contributed by atoms with Gasteiger partial charge in [-0.25, -0.2) is 0 Å². The van der Waals surface area contributed by atoms with E-state index in [4.69, 9.17) is 0 Å². The van der Waals surface area contributed by atoms with Gasteiger partial charge in [-0.1, -0.05) is 13.3 Å². The van der Waals surface area contributed by atoms with Crippen LogP contribution in [-0.4, -0.2) is 60.9 Å². The maximum absolute atomic E-state index is 11.9. The van der Waals surface area contributed by atoms with Crippen molar-refractivity contribution < 1.29 is 9.59 Å². The van der Waals surface area contributed by atoms with Crippen LogP contribution < -0.4 is 5.32 Å². The van der Waals surface area contributed by atoms with Gasteiger partial charge in [-0.2, -0.15) is 0 Å². The lowest BCUT2D eigenvalue weighted by molar-refractivity contribution is -0.155. The largest absolute Gasteiger partial charge is 0.336 e. The lowest BCUT2D eigenvalue weighted by Crippen LogP contribution is -2.53. The Hall–Kier alpha value is -1.10. The monoisotopic (exact) mass is 281 g/mol. The standard InChI is InChI=1S/C15H27N3O2/c1-3-8-16-13-6-4-5-12(13)7-9-18-11-10-17(2)14(19)15(18)20/h12-13,16H,3-11H2,1-2H3. The number of amides is 2. The number of carbonyl (C=O) groups is 2. The lowest BCUT2D eigenvalue weighted by atomic mass is 9.99. The molecule has 0 aromatic carbocycles. The van der Waals surface area contributed by atoms with Crippen molar-refractivity contribution in [3.8, 4) is 0 Å². The van der Waals surface area contributed by atoms with Crippen LogP contribution in [0.4, 0.5) is 0 Å². The van der Waals surface area contributed by atoms with Crippen LogP contribution in [0.1, 0.15) is 39.0 Å². The fourth-order valence-electron chi connectivity index (χ4n) is 3.29. The van der Waals surface area contributed by atoms with E-state index in [1.165, 1.54) is 24.2 Å². The zero-order chi connectivity index (χ0) is 14.5. The molecule has 2 amide bonds. The minimum absolute atomic E-state index is 0.324. The van der Waals surface area contributed by atoms with Crippen LogP contribution in [0, 0.1) is 5.92 Å². The highest BCUT2D eigenvalue weighted by Crippen LogP contribution is 2.28. The number of carbonyl (C=O) groups excluding carboxylic acids is 2. The molecular formula is C15H27N3O2. The number of nitrogens with zero attached hydrogens (tertiary/aromatic N) is 2. The van der Waals surface area contributed by atoms with Crippen molar-refractivity contribution in [1.29, 1.82) is 0 Å². The first-order valence-electron chi connectivity index (χ1n) is 7.91. The van der Waals surface area contributed by atoms with Crippen molar-refractivity contribution in [2.24, 2.45) is 5.92 Å². The molecule has 1 saturated heterocycles. The van der Waals surface area contributed by atoms with Gasteiger partial charge in [0.2, 0.25) is 0 Å². The molecule has 114 valence electrons. The summed E-state index contributed by atoms with van der Waals surface area (Å²) in [6, 6.07) is 0.605. The zero-order valence-corrected chi connectivity index (χ0v) is 12.7. The normalized spacial score (nSPS) is 27.5. The Morgan fingerprint density at radius 1 is 1.20 bits per heavy atom. The Morgan fingerprint density at radius 2 is 2.00 bits per heavy atom. The molecule has 0 radical (unpaired) electrons. The minimum Gasteiger partial charge on any atom is -0.336 e. The predicted molar refractivity (Wildman–Crippen MR) is 78.3 cm³/mol. The molecule has 2 fully saturated rings. The Kier molecular flexibility index (Phi) is 5.40. The fraction of sp³-hybridized carbons (Fsp3) is 0.867. The zero-order valence-electron chi connectivity index (χ0n) is 12.7. The number of rotatable bonds is 6. The van der Waals surface area contributed by atoms with Crippen LogP contribution in [0.15, 0.2) is 0 Å². The molecule has 0 aromatic heterocycles. The van der Waals surface area contributed by atoms with E-state index in [1.54, 1.807) is 11.9 Å². The summed E-state index contributed by atoms with van der Waals surface area (Å²) in [6.07, 6.45) is 5.96. The SMILES string of the molecule is CCCNC1CCCC1CCN1CCN(C)C(=O)C1=O. The highest BCUT2D eigenvalue weighted by atomic mass is 16.2. The topological polar surface area (TPSA) is 52.6 Å². The van der Waals surface area contributed by atoms with Gasteiger partial charge in [0.15, 0.2) is 0 Å². The van der Waals surface area contributed by atoms with Gasteiger partial charge in [-0.3, -0.25) is 9.59 Å². The Bertz CT molecular complexity index is 359. The first kappa shape index (κ1) is 15.3. The average molecular weight is 281 g/mol. The molecule has 5 heteroatoms. The van der Waals surface area contributed by atoms with Crippen LogP contribution in [-0.2, 0) is 9.59 Å². The molecule has 1 saturated carbocycles. The quantitative estimate of drug-likeness (QED) is 0.734. The summed E-state index contributed by atoms with van der Waals surface area (Å²) in [5.41, 5.74) is 0. The van der Waals surface area contributed by atoms with E-state index in [9.17, 15) is 9.59 Å². The highest BCUT2D eigenvalue weighted by Gasteiger charge is 2.32. The molecule has 0 bridgehead atoms. The summed E-state index contributed by atoms with van der Waals surface area (Å²) in [5.74, 6) is -0.0257. The molecule has 20 heavy (non-hydrogen) atoms. The van der Waals surface area contributed by atoms with Gasteiger partial charge in [-0.05, 0) is 38.1 Å². The minimum atomic E-state index is -0.358. The van der Waals surface area contributed by atoms with Gasteiger partial charge in [0, 0.05) is 32.7 Å². The Labute approximate surface area is 121 Å².